The molecular formula is C15H20ClNO3. The summed E-state index contributed by atoms with van der Waals surface area (Å²) in [6.45, 7) is 1.89. The topological polar surface area (TPSA) is 49.8 Å². The molecule has 0 saturated carbocycles. The second-order valence-electron chi connectivity index (χ2n) is 5.44. The number of Topliss-reactive ketones (excluding diaryl/α,β-unsaturated/α-hetero) is 1. The van der Waals surface area contributed by atoms with Crippen molar-refractivity contribution in [1.82, 2.24) is 4.90 Å². The van der Waals surface area contributed by atoms with Crippen molar-refractivity contribution in [2.75, 3.05) is 33.4 Å². The van der Waals surface area contributed by atoms with Gasteiger partial charge in [0.25, 0.3) is 0 Å². The van der Waals surface area contributed by atoms with Crippen LogP contribution >= 0.6 is 11.6 Å². The zero-order chi connectivity index (χ0) is 14.6. The van der Waals surface area contributed by atoms with E-state index in [2.05, 4.69) is 0 Å². The molecule has 0 bridgehead atoms. The summed E-state index contributed by atoms with van der Waals surface area (Å²) in [5.74, 6) is 0.00524. The molecule has 1 aromatic carbocycles. The molecule has 0 spiro atoms. The molecule has 1 N–H and O–H groups in total. The highest BCUT2D eigenvalue weighted by atomic mass is 35.5. The number of carbonyl (C=O) groups is 1. The number of hydrogen-bond donors (Lipinski definition) is 1. The number of ketones is 1. The Labute approximate surface area is 124 Å². The van der Waals surface area contributed by atoms with Crippen LogP contribution in [0, 0.1) is 0 Å². The molecule has 1 heterocycles. The van der Waals surface area contributed by atoms with E-state index in [0.29, 0.717) is 43.2 Å². The van der Waals surface area contributed by atoms with Crippen molar-refractivity contribution in [2.24, 2.45) is 0 Å². The molecule has 0 aliphatic carbocycles. The number of hydrogen-bond acceptors (Lipinski definition) is 4. The van der Waals surface area contributed by atoms with Crippen molar-refractivity contribution in [3.05, 3.63) is 34.9 Å². The minimum atomic E-state index is -0.748. The normalized spacial score (nSPS) is 18.2. The fourth-order valence-corrected chi connectivity index (χ4v) is 2.66. The average molecular weight is 298 g/mol. The molecule has 1 aliphatic rings. The van der Waals surface area contributed by atoms with Crippen LogP contribution < -0.4 is 0 Å². The van der Waals surface area contributed by atoms with Crippen molar-refractivity contribution in [3.63, 3.8) is 0 Å². The standard InChI is InChI=1S/C15H20ClNO3/c1-17(11-15(19)5-7-20-8-6-15)10-14(18)12-3-2-4-13(16)9-12/h2-4,9,19H,5-8,10-11H2,1H3. The van der Waals surface area contributed by atoms with E-state index in [9.17, 15) is 9.90 Å². The number of likely N-dealkylation sites (N-methyl/N-ethyl adjacent to an activating group) is 1. The van der Waals surface area contributed by atoms with Crippen LogP contribution in [0.25, 0.3) is 0 Å². The molecule has 20 heavy (non-hydrogen) atoms. The fraction of sp³-hybridized carbons (Fsp3) is 0.533. The molecule has 0 atom stereocenters. The van der Waals surface area contributed by atoms with E-state index >= 15 is 0 Å². The quantitative estimate of drug-likeness (QED) is 0.845. The van der Waals surface area contributed by atoms with Gasteiger partial charge in [-0.1, -0.05) is 23.7 Å². The number of aliphatic hydroxyl groups is 1. The zero-order valence-electron chi connectivity index (χ0n) is 11.6. The SMILES string of the molecule is CN(CC(=O)c1cccc(Cl)c1)CC1(O)CCOCC1. The maximum atomic E-state index is 12.1. The van der Waals surface area contributed by atoms with E-state index in [1.54, 1.807) is 24.3 Å². The smallest absolute Gasteiger partial charge is 0.176 e. The van der Waals surface area contributed by atoms with Crippen LogP contribution in [0.4, 0.5) is 0 Å². The van der Waals surface area contributed by atoms with Gasteiger partial charge in [-0.2, -0.15) is 0 Å². The van der Waals surface area contributed by atoms with E-state index in [4.69, 9.17) is 16.3 Å². The lowest BCUT2D eigenvalue weighted by molar-refractivity contribution is -0.0758. The van der Waals surface area contributed by atoms with E-state index in [0.717, 1.165) is 0 Å². The van der Waals surface area contributed by atoms with Gasteiger partial charge >= 0.3 is 0 Å². The molecule has 1 saturated heterocycles. The summed E-state index contributed by atoms with van der Waals surface area (Å²) < 4.78 is 5.25. The minimum Gasteiger partial charge on any atom is -0.388 e. The summed E-state index contributed by atoms with van der Waals surface area (Å²) in [6.07, 6.45) is 1.23. The van der Waals surface area contributed by atoms with Crippen molar-refractivity contribution < 1.29 is 14.6 Å². The molecule has 4 nitrogen and oxygen atoms in total. The lowest BCUT2D eigenvalue weighted by Gasteiger charge is -2.35. The number of ether oxygens (including phenoxy) is 1. The number of benzene rings is 1. The van der Waals surface area contributed by atoms with Crippen molar-refractivity contribution in [2.45, 2.75) is 18.4 Å². The van der Waals surface area contributed by atoms with Crippen LogP contribution in [-0.2, 0) is 4.74 Å². The third-order valence-corrected chi connectivity index (χ3v) is 3.78. The fourth-order valence-electron chi connectivity index (χ4n) is 2.47. The lowest BCUT2D eigenvalue weighted by atomic mass is 9.94. The highest BCUT2D eigenvalue weighted by Gasteiger charge is 2.31. The third-order valence-electron chi connectivity index (χ3n) is 3.55. The first kappa shape index (κ1) is 15.4. The Morgan fingerprint density at radius 3 is 2.80 bits per heavy atom. The first-order chi connectivity index (χ1) is 9.48. The molecular weight excluding hydrogens is 278 g/mol. The monoisotopic (exact) mass is 297 g/mol. The molecule has 1 aliphatic heterocycles. The molecule has 0 unspecified atom stereocenters. The second-order valence-corrected chi connectivity index (χ2v) is 5.88. The van der Waals surface area contributed by atoms with E-state index in [1.807, 2.05) is 11.9 Å². The highest BCUT2D eigenvalue weighted by molar-refractivity contribution is 6.31. The molecule has 0 amide bonds. The van der Waals surface area contributed by atoms with E-state index in [1.165, 1.54) is 0 Å². The molecule has 2 rings (SSSR count). The molecule has 0 radical (unpaired) electrons. The van der Waals surface area contributed by atoms with Crippen LogP contribution in [0.2, 0.25) is 5.02 Å². The van der Waals surface area contributed by atoms with Crippen LogP contribution in [-0.4, -0.2) is 54.7 Å². The van der Waals surface area contributed by atoms with Crippen molar-refractivity contribution in [3.8, 4) is 0 Å². The van der Waals surface area contributed by atoms with Gasteiger partial charge < -0.3 is 9.84 Å². The average Bonchev–Trinajstić information content (AvgIpc) is 2.38. The van der Waals surface area contributed by atoms with Crippen molar-refractivity contribution in [1.29, 1.82) is 0 Å². The Kier molecular flexibility index (Phi) is 5.16. The summed E-state index contributed by atoms with van der Waals surface area (Å²) in [7, 11) is 1.84. The first-order valence-electron chi connectivity index (χ1n) is 6.76. The highest BCUT2D eigenvalue weighted by Crippen LogP contribution is 2.21. The molecule has 0 aromatic heterocycles. The number of rotatable bonds is 5. The summed E-state index contributed by atoms with van der Waals surface area (Å²) in [6, 6.07) is 6.93. The van der Waals surface area contributed by atoms with Crippen molar-refractivity contribution >= 4 is 17.4 Å². The van der Waals surface area contributed by atoms with Crippen LogP contribution in [0.5, 0.6) is 0 Å². The summed E-state index contributed by atoms with van der Waals surface area (Å²) >= 11 is 5.88. The third kappa shape index (κ3) is 4.28. The van der Waals surface area contributed by atoms with Crippen LogP contribution in [0.1, 0.15) is 23.2 Å². The van der Waals surface area contributed by atoms with Crippen LogP contribution in [0.15, 0.2) is 24.3 Å². The number of carbonyl (C=O) groups excluding carboxylic acids is 1. The van der Waals surface area contributed by atoms with Gasteiger partial charge in [-0.15, -0.1) is 0 Å². The second kappa shape index (κ2) is 6.68. The Morgan fingerprint density at radius 2 is 2.15 bits per heavy atom. The van der Waals surface area contributed by atoms with Gasteiger partial charge in [-0.3, -0.25) is 9.69 Å². The van der Waals surface area contributed by atoms with E-state index < -0.39 is 5.60 Å². The predicted molar refractivity (Wildman–Crippen MR) is 78.3 cm³/mol. The van der Waals surface area contributed by atoms with Crippen LogP contribution in [0.3, 0.4) is 0 Å². The van der Waals surface area contributed by atoms with E-state index in [-0.39, 0.29) is 12.3 Å². The van der Waals surface area contributed by atoms with Gasteiger partial charge in [-0.05, 0) is 19.2 Å². The number of halogens is 1. The minimum absolute atomic E-state index is 0.00524. The Balaban J connectivity index is 1.90. The maximum Gasteiger partial charge on any atom is 0.176 e. The van der Waals surface area contributed by atoms with Gasteiger partial charge in [0.1, 0.15) is 0 Å². The van der Waals surface area contributed by atoms with Gasteiger partial charge in [0.05, 0.1) is 12.1 Å². The Morgan fingerprint density at radius 1 is 1.45 bits per heavy atom. The largest absolute Gasteiger partial charge is 0.388 e. The van der Waals surface area contributed by atoms with Gasteiger partial charge in [0.2, 0.25) is 0 Å². The lowest BCUT2D eigenvalue weighted by Crippen LogP contribution is -2.46. The molecule has 110 valence electrons. The van der Waals surface area contributed by atoms with Gasteiger partial charge in [0.15, 0.2) is 5.78 Å². The molecule has 1 fully saturated rings. The summed E-state index contributed by atoms with van der Waals surface area (Å²) in [5.41, 5.74) is -0.148. The molecule has 1 aromatic rings. The summed E-state index contributed by atoms with van der Waals surface area (Å²) in [4.78, 5) is 14.0. The molecule has 5 heteroatoms. The maximum absolute atomic E-state index is 12.1. The predicted octanol–water partition coefficient (Wildman–Crippen LogP) is 2.00. The van der Waals surface area contributed by atoms with Gasteiger partial charge in [-0.25, -0.2) is 0 Å². The first-order valence-corrected chi connectivity index (χ1v) is 7.14. The Bertz CT molecular complexity index is 472. The van der Waals surface area contributed by atoms with Gasteiger partial charge in [0, 0.05) is 43.2 Å². The summed E-state index contributed by atoms with van der Waals surface area (Å²) in [5, 5.41) is 11.0. The Hall–Kier alpha value is -0.940. The number of nitrogens with zero attached hydrogens (tertiary/aromatic N) is 1. The zero-order valence-corrected chi connectivity index (χ0v) is 12.4.